The van der Waals surface area contributed by atoms with Crippen molar-refractivity contribution in [3.05, 3.63) is 29.3 Å². The third-order valence-corrected chi connectivity index (χ3v) is 3.75. The highest BCUT2D eigenvalue weighted by Gasteiger charge is 2.45. The molecule has 1 heterocycles. The summed E-state index contributed by atoms with van der Waals surface area (Å²) >= 11 is 0. The van der Waals surface area contributed by atoms with Crippen molar-refractivity contribution in [3.63, 3.8) is 0 Å². The van der Waals surface area contributed by atoms with Gasteiger partial charge in [-0.2, -0.15) is 0 Å². The van der Waals surface area contributed by atoms with E-state index in [1.165, 1.54) is 4.90 Å². The number of carbonyl (C=O) groups is 2. The molecule has 2 amide bonds. The number of nitrogen functional groups attached to an aromatic ring is 1. The van der Waals surface area contributed by atoms with Crippen LogP contribution in [0.4, 0.5) is 5.69 Å². The van der Waals surface area contributed by atoms with Crippen LogP contribution in [-0.4, -0.2) is 36.0 Å². The fourth-order valence-electron chi connectivity index (χ4n) is 2.60. The topological polar surface area (TPSA) is 72.6 Å². The molecule has 0 radical (unpaired) electrons. The second-order valence-corrected chi connectivity index (χ2v) is 4.73. The Morgan fingerprint density at radius 1 is 1.28 bits per heavy atom. The molecule has 2 N–H and O–H groups in total. The van der Waals surface area contributed by atoms with Crippen LogP contribution in [0.2, 0.25) is 0 Å². The van der Waals surface area contributed by atoms with Gasteiger partial charge in [-0.05, 0) is 25.0 Å². The summed E-state index contributed by atoms with van der Waals surface area (Å²) in [4.78, 5) is 25.8. The molecule has 3 rings (SSSR count). The fourth-order valence-corrected chi connectivity index (χ4v) is 2.60. The average Bonchev–Trinajstić information content (AvgIpc) is 2.54. The van der Waals surface area contributed by atoms with Gasteiger partial charge in [0.05, 0.1) is 17.2 Å². The fraction of sp³-hybridized carbons (Fsp3) is 0.385. The van der Waals surface area contributed by atoms with Gasteiger partial charge < -0.3 is 10.5 Å². The summed E-state index contributed by atoms with van der Waals surface area (Å²) in [5.41, 5.74) is 6.91. The minimum atomic E-state index is -0.271. The van der Waals surface area contributed by atoms with Gasteiger partial charge in [0.15, 0.2) is 0 Å². The molecule has 2 aliphatic rings. The lowest BCUT2D eigenvalue weighted by molar-refractivity contribution is -0.0142. The third kappa shape index (κ3) is 1.37. The monoisotopic (exact) mass is 246 g/mol. The summed E-state index contributed by atoms with van der Waals surface area (Å²) in [5.74, 6) is -0.505. The van der Waals surface area contributed by atoms with Gasteiger partial charge in [-0.3, -0.25) is 14.5 Å². The lowest BCUT2D eigenvalue weighted by Crippen LogP contribution is -2.50. The second kappa shape index (κ2) is 3.81. The number of nitrogens with zero attached hydrogens (tertiary/aromatic N) is 1. The van der Waals surface area contributed by atoms with Crippen LogP contribution in [0.1, 0.15) is 33.6 Å². The van der Waals surface area contributed by atoms with Crippen LogP contribution in [0.5, 0.6) is 0 Å². The first-order valence-corrected chi connectivity index (χ1v) is 5.92. The number of nitrogens with two attached hydrogens (primary N) is 1. The Bertz CT molecular complexity index is 535. The maximum Gasteiger partial charge on any atom is 0.263 e. The summed E-state index contributed by atoms with van der Waals surface area (Å²) in [6, 6.07) is 4.94. The van der Waals surface area contributed by atoms with E-state index in [1.54, 1.807) is 25.3 Å². The number of methoxy groups -OCH3 is 1. The Labute approximate surface area is 105 Å². The van der Waals surface area contributed by atoms with E-state index in [1.807, 2.05) is 0 Å². The molecule has 94 valence electrons. The van der Waals surface area contributed by atoms with Crippen LogP contribution in [-0.2, 0) is 4.74 Å². The third-order valence-electron chi connectivity index (χ3n) is 3.75. The molecule has 0 spiro atoms. The first-order valence-electron chi connectivity index (χ1n) is 5.92. The van der Waals surface area contributed by atoms with Crippen LogP contribution < -0.4 is 5.73 Å². The molecule has 1 saturated carbocycles. The minimum Gasteiger partial charge on any atom is -0.398 e. The van der Waals surface area contributed by atoms with E-state index in [0.717, 1.165) is 0 Å². The molecule has 1 aromatic rings. The van der Waals surface area contributed by atoms with Crippen molar-refractivity contribution in [2.45, 2.75) is 25.0 Å². The maximum atomic E-state index is 12.2. The van der Waals surface area contributed by atoms with E-state index in [9.17, 15) is 9.59 Å². The molecule has 0 bridgehead atoms. The molecule has 0 saturated heterocycles. The molecular weight excluding hydrogens is 232 g/mol. The van der Waals surface area contributed by atoms with Crippen LogP contribution in [0, 0.1) is 0 Å². The van der Waals surface area contributed by atoms with Crippen molar-refractivity contribution in [2.75, 3.05) is 12.8 Å². The molecule has 0 aromatic heterocycles. The second-order valence-electron chi connectivity index (χ2n) is 4.73. The minimum absolute atomic E-state index is 0.0539. The average molecular weight is 246 g/mol. The molecule has 1 aliphatic carbocycles. The van der Waals surface area contributed by atoms with Crippen molar-refractivity contribution >= 4 is 17.5 Å². The van der Waals surface area contributed by atoms with Gasteiger partial charge >= 0.3 is 0 Å². The summed E-state index contributed by atoms with van der Waals surface area (Å²) in [5, 5.41) is 0. The quantitative estimate of drug-likeness (QED) is 0.625. The first kappa shape index (κ1) is 11.2. The van der Waals surface area contributed by atoms with E-state index >= 15 is 0 Å². The van der Waals surface area contributed by atoms with E-state index in [0.29, 0.717) is 29.7 Å². The lowest BCUT2D eigenvalue weighted by Gasteiger charge is -2.38. The number of ether oxygens (including phenoxy) is 1. The highest BCUT2D eigenvalue weighted by atomic mass is 16.5. The largest absolute Gasteiger partial charge is 0.398 e. The molecule has 1 aliphatic heterocycles. The van der Waals surface area contributed by atoms with Crippen LogP contribution in [0.3, 0.4) is 0 Å². The zero-order valence-electron chi connectivity index (χ0n) is 10.1. The zero-order chi connectivity index (χ0) is 12.9. The predicted octanol–water partition coefficient (Wildman–Crippen LogP) is 1.04. The Morgan fingerprint density at radius 3 is 2.61 bits per heavy atom. The summed E-state index contributed by atoms with van der Waals surface area (Å²) in [6.07, 6.45) is 1.57. The van der Waals surface area contributed by atoms with Gasteiger partial charge in [0.25, 0.3) is 11.8 Å². The highest BCUT2D eigenvalue weighted by molar-refractivity contribution is 6.23. The summed E-state index contributed by atoms with van der Waals surface area (Å²) < 4.78 is 5.17. The Balaban J connectivity index is 1.91. The Kier molecular flexibility index (Phi) is 2.38. The smallest absolute Gasteiger partial charge is 0.263 e. The van der Waals surface area contributed by atoms with Gasteiger partial charge in [-0.1, -0.05) is 6.07 Å². The van der Waals surface area contributed by atoms with Crippen molar-refractivity contribution in [3.8, 4) is 0 Å². The molecule has 18 heavy (non-hydrogen) atoms. The summed E-state index contributed by atoms with van der Waals surface area (Å²) in [7, 11) is 1.64. The van der Waals surface area contributed by atoms with E-state index in [2.05, 4.69) is 0 Å². The van der Waals surface area contributed by atoms with Gasteiger partial charge in [0.1, 0.15) is 0 Å². The molecule has 0 unspecified atom stereocenters. The number of rotatable bonds is 2. The Hall–Kier alpha value is -1.88. The molecule has 1 fully saturated rings. The van der Waals surface area contributed by atoms with Crippen molar-refractivity contribution in [2.24, 2.45) is 0 Å². The molecule has 5 heteroatoms. The van der Waals surface area contributed by atoms with Gasteiger partial charge in [-0.25, -0.2) is 0 Å². The number of fused-ring (bicyclic) bond motifs is 1. The van der Waals surface area contributed by atoms with Crippen molar-refractivity contribution in [1.29, 1.82) is 0 Å². The van der Waals surface area contributed by atoms with Crippen LogP contribution in [0.25, 0.3) is 0 Å². The molecule has 5 nitrogen and oxygen atoms in total. The van der Waals surface area contributed by atoms with Crippen LogP contribution in [0.15, 0.2) is 18.2 Å². The molecular formula is C13H14N2O3. The predicted molar refractivity (Wildman–Crippen MR) is 65.2 cm³/mol. The van der Waals surface area contributed by atoms with Gasteiger partial charge in [0.2, 0.25) is 0 Å². The standard InChI is InChI=1S/C13H14N2O3/c1-18-8-5-7(6-8)15-12(16)9-3-2-4-10(14)11(9)13(15)17/h2-4,7-8H,5-6,14H2,1H3. The number of amides is 2. The first-order chi connectivity index (χ1) is 8.63. The number of hydrogen-bond donors (Lipinski definition) is 1. The van der Waals surface area contributed by atoms with Gasteiger partial charge in [-0.15, -0.1) is 0 Å². The Morgan fingerprint density at radius 2 is 2.00 bits per heavy atom. The maximum absolute atomic E-state index is 12.2. The van der Waals surface area contributed by atoms with E-state index in [-0.39, 0.29) is 24.0 Å². The van der Waals surface area contributed by atoms with E-state index in [4.69, 9.17) is 10.5 Å². The number of hydrogen-bond acceptors (Lipinski definition) is 4. The highest BCUT2D eigenvalue weighted by Crippen LogP contribution is 2.35. The van der Waals surface area contributed by atoms with E-state index < -0.39 is 0 Å². The number of anilines is 1. The van der Waals surface area contributed by atoms with Crippen molar-refractivity contribution < 1.29 is 14.3 Å². The number of carbonyl (C=O) groups excluding carboxylic acids is 2. The summed E-state index contributed by atoms with van der Waals surface area (Å²) in [6.45, 7) is 0. The lowest BCUT2D eigenvalue weighted by atomic mass is 9.88. The number of imide groups is 1. The van der Waals surface area contributed by atoms with Crippen molar-refractivity contribution in [1.82, 2.24) is 4.90 Å². The van der Waals surface area contributed by atoms with Gasteiger partial charge in [0, 0.05) is 18.8 Å². The normalized spacial score (nSPS) is 26.2. The number of benzene rings is 1. The molecule has 0 atom stereocenters. The molecule has 1 aromatic carbocycles. The van der Waals surface area contributed by atoms with Crippen LogP contribution >= 0.6 is 0 Å². The SMILES string of the molecule is COC1CC(N2C(=O)c3cccc(N)c3C2=O)C1. The zero-order valence-corrected chi connectivity index (χ0v) is 10.1.